The van der Waals surface area contributed by atoms with Gasteiger partial charge in [-0.15, -0.1) is 0 Å². The van der Waals surface area contributed by atoms with Crippen molar-refractivity contribution in [3.8, 4) is 0 Å². The SMILES string of the molecule is Cc1c(Br)cccc1C(=O)c1ccc(C(F)(F)F)cc1. The van der Waals surface area contributed by atoms with E-state index in [-0.39, 0.29) is 11.3 Å². The van der Waals surface area contributed by atoms with Gasteiger partial charge in [-0.25, -0.2) is 0 Å². The van der Waals surface area contributed by atoms with Crippen molar-refractivity contribution >= 4 is 21.7 Å². The molecule has 0 heterocycles. The molecule has 0 aliphatic carbocycles. The summed E-state index contributed by atoms with van der Waals surface area (Å²) in [7, 11) is 0. The van der Waals surface area contributed by atoms with Crippen LogP contribution in [-0.2, 0) is 6.18 Å². The molecule has 0 bridgehead atoms. The average molecular weight is 343 g/mol. The Bertz CT molecular complexity index is 645. The molecular weight excluding hydrogens is 333 g/mol. The third-order valence-corrected chi connectivity index (χ3v) is 3.85. The van der Waals surface area contributed by atoms with Gasteiger partial charge in [0.2, 0.25) is 0 Å². The van der Waals surface area contributed by atoms with Gasteiger partial charge < -0.3 is 0 Å². The summed E-state index contributed by atoms with van der Waals surface area (Å²) >= 11 is 3.32. The average Bonchev–Trinajstić information content (AvgIpc) is 2.40. The summed E-state index contributed by atoms with van der Waals surface area (Å²) in [5.74, 6) is -0.294. The molecule has 104 valence electrons. The number of hydrogen-bond acceptors (Lipinski definition) is 1. The van der Waals surface area contributed by atoms with E-state index in [1.807, 2.05) is 0 Å². The second-order valence-corrected chi connectivity index (χ2v) is 5.17. The van der Waals surface area contributed by atoms with Crippen LogP contribution in [0.2, 0.25) is 0 Å². The van der Waals surface area contributed by atoms with Gasteiger partial charge in [-0.1, -0.05) is 40.2 Å². The van der Waals surface area contributed by atoms with Crippen LogP contribution >= 0.6 is 15.9 Å². The molecule has 0 radical (unpaired) electrons. The number of halogens is 4. The van der Waals surface area contributed by atoms with E-state index in [2.05, 4.69) is 15.9 Å². The highest BCUT2D eigenvalue weighted by molar-refractivity contribution is 9.10. The molecule has 0 unspecified atom stereocenters. The summed E-state index contributed by atoms with van der Waals surface area (Å²) in [6.45, 7) is 1.78. The van der Waals surface area contributed by atoms with Gasteiger partial charge in [0.1, 0.15) is 0 Å². The molecule has 0 saturated heterocycles. The number of carbonyl (C=O) groups excluding carboxylic acids is 1. The molecular formula is C15H10BrF3O. The van der Waals surface area contributed by atoms with Crippen molar-refractivity contribution in [1.82, 2.24) is 0 Å². The van der Waals surface area contributed by atoms with E-state index >= 15 is 0 Å². The highest BCUT2D eigenvalue weighted by atomic mass is 79.9. The molecule has 0 spiro atoms. The zero-order valence-corrected chi connectivity index (χ0v) is 12.0. The Balaban J connectivity index is 2.37. The largest absolute Gasteiger partial charge is 0.416 e. The molecule has 0 amide bonds. The second kappa shape index (κ2) is 5.40. The quantitative estimate of drug-likeness (QED) is 0.701. The molecule has 0 atom stereocenters. The maximum Gasteiger partial charge on any atom is 0.416 e. The minimum atomic E-state index is -4.40. The van der Waals surface area contributed by atoms with Gasteiger partial charge in [-0.3, -0.25) is 4.79 Å². The molecule has 2 aromatic carbocycles. The van der Waals surface area contributed by atoms with Crippen LogP contribution in [-0.4, -0.2) is 5.78 Å². The van der Waals surface area contributed by atoms with E-state index in [1.165, 1.54) is 12.1 Å². The normalized spacial score (nSPS) is 11.4. The molecule has 0 aliphatic heterocycles. The fourth-order valence-electron chi connectivity index (χ4n) is 1.82. The predicted molar refractivity (Wildman–Crippen MR) is 73.8 cm³/mol. The molecule has 5 heteroatoms. The molecule has 0 saturated carbocycles. The number of alkyl halides is 3. The third-order valence-electron chi connectivity index (χ3n) is 2.99. The highest BCUT2D eigenvalue weighted by Gasteiger charge is 2.30. The van der Waals surface area contributed by atoms with E-state index < -0.39 is 11.7 Å². The van der Waals surface area contributed by atoms with E-state index in [1.54, 1.807) is 25.1 Å². The van der Waals surface area contributed by atoms with E-state index in [0.717, 1.165) is 22.2 Å². The van der Waals surface area contributed by atoms with E-state index in [4.69, 9.17) is 0 Å². The first-order valence-electron chi connectivity index (χ1n) is 5.78. The lowest BCUT2D eigenvalue weighted by Crippen LogP contribution is -2.07. The van der Waals surface area contributed by atoms with Crippen molar-refractivity contribution in [2.45, 2.75) is 13.1 Å². The first-order valence-corrected chi connectivity index (χ1v) is 6.57. The van der Waals surface area contributed by atoms with Gasteiger partial charge in [0.15, 0.2) is 5.78 Å². The summed E-state index contributed by atoms with van der Waals surface area (Å²) in [4.78, 5) is 12.3. The van der Waals surface area contributed by atoms with Crippen molar-refractivity contribution in [1.29, 1.82) is 0 Å². The fraction of sp³-hybridized carbons (Fsp3) is 0.133. The Kier molecular flexibility index (Phi) is 3.99. The lowest BCUT2D eigenvalue weighted by atomic mass is 9.98. The number of hydrogen-bond donors (Lipinski definition) is 0. The maximum atomic E-state index is 12.5. The van der Waals surface area contributed by atoms with Crippen LogP contribution in [0, 0.1) is 6.92 Å². The Morgan fingerprint density at radius 3 is 2.20 bits per heavy atom. The lowest BCUT2D eigenvalue weighted by molar-refractivity contribution is -0.137. The van der Waals surface area contributed by atoms with Crippen LogP contribution in [0.1, 0.15) is 27.0 Å². The molecule has 20 heavy (non-hydrogen) atoms. The van der Waals surface area contributed by atoms with Crippen molar-refractivity contribution in [3.05, 3.63) is 69.2 Å². The van der Waals surface area contributed by atoms with Gasteiger partial charge >= 0.3 is 6.18 Å². The smallest absolute Gasteiger partial charge is 0.289 e. The number of benzene rings is 2. The number of carbonyl (C=O) groups is 1. The van der Waals surface area contributed by atoms with Crippen LogP contribution in [0.4, 0.5) is 13.2 Å². The molecule has 2 aromatic rings. The molecule has 2 rings (SSSR count). The summed E-state index contributed by atoms with van der Waals surface area (Å²) in [6, 6.07) is 9.41. The molecule has 0 aromatic heterocycles. The van der Waals surface area contributed by atoms with Gasteiger partial charge in [-0.2, -0.15) is 13.2 Å². The number of ketones is 1. The summed E-state index contributed by atoms with van der Waals surface area (Å²) in [5, 5.41) is 0. The predicted octanol–water partition coefficient (Wildman–Crippen LogP) is 5.01. The fourth-order valence-corrected chi connectivity index (χ4v) is 2.19. The second-order valence-electron chi connectivity index (χ2n) is 4.32. The van der Waals surface area contributed by atoms with E-state index in [0.29, 0.717) is 5.56 Å². The standard InChI is InChI=1S/C15H10BrF3O/c1-9-12(3-2-4-13(9)16)14(20)10-5-7-11(8-6-10)15(17,18)19/h2-8H,1H3. The highest BCUT2D eigenvalue weighted by Crippen LogP contribution is 2.29. The van der Waals surface area contributed by atoms with Gasteiger partial charge in [0, 0.05) is 15.6 Å². The van der Waals surface area contributed by atoms with Crippen LogP contribution < -0.4 is 0 Å². The summed E-state index contributed by atoms with van der Waals surface area (Å²) < 4.78 is 38.2. The van der Waals surface area contributed by atoms with Crippen molar-refractivity contribution in [2.24, 2.45) is 0 Å². The van der Waals surface area contributed by atoms with Crippen LogP contribution in [0.5, 0.6) is 0 Å². The molecule has 0 N–H and O–H groups in total. The van der Waals surface area contributed by atoms with E-state index in [9.17, 15) is 18.0 Å². The Morgan fingerprint density at radius 1 is 1.05 bits per heavy atom. The topological polar surface area (TPSA) is 17.1 Å². The summed E-state index contributed by atoms with van der Waals surface area (Å²) in [5.41, 5.74) is 0.704. The van der Waals surface area contributed by atoms with Gasteiger partial charge in [-0.05, 0) is 30.7 Å². The number of rotatable bonds is 2. The third kappa shape index (κ3) is 2.93. The minimum absolute atomic E-state index is 0.235. The van der Waals surface area contributed by atoms with Crippen LogP contribution in [0.3, 0.4) is 0 Å². The first kappa shape index (κ1) is 14.8. The maximum absolute atomic E-state index is 12.5. The Labute approximate surface area is 122 Å². The van der Waals surface area contributed by atoms with Crippen LogP contribution in [0.15, 0.2) is 46.9 Å². The van der Waals surface area contributed by atoms with Crippen molar-refractivity contribution in [3.63, 3.8) is 0 Å². The van der Waals surface area contributed by atoms with Crippen LogP contribution in [0.25, 0.3) is 0 Å². The molecule has 0 aliphatic rings. The zero-order valence-electron chi connectivity index (χ0n) is 10.5. The van der Waals surface area contributed by atoms with Gasteiger partial charge in [0.05, 0.1) is 5.56 Å². The minimum Gasteiger partial charge on any atom is -0.289 e. The summed E-state index contributed by atoms with van der Waals surface area (Å²) in [6.07, 6.45) is -4.40. The van der Waals surface area contributed by atoms with Crippen molar-refractivity contribution < 1.29 is 18.0 Å². The molecule has 1 nitrogen and oxygen atoms in total. The Morgan fingerprint density at radius 2 is 1.65 bits per heavy atom. The Hall–Kier alpha value is -1.62. The zero-order chi connectivity index (χ0) is 14.9. The first-order chi connectivity index (χ1) is 9.30. The van der Waals surface area contributed by atoms with Crippen molar-refractivity contribution in [2.75, 3.05) is 0 Å². The molecule has 0 fully saturated rings. The van der Waals surface area contributed by atoms with Gasteiger partial charge in [0.25, 0.3) is 0 Å². The monoisotopic (exact) mass is 342 g/mol. The lowest BCUT2D eigenvalue weighted by Gasteiger charge is -2.09.